The van der Waals surface area contributed by atoms with Crippen LogP contribution in [0.3, 0.4) is 0 Å². The van der Waals surface area contributed by atoms with Gasteiger partial charge in [-0.1, -0.05) is 0 Å². The van der Waals surface area contributed by atoms with Crippen molar-refractivity contribution in [3.05, 3.63) is 0 Å². The molecule has 0 bridgehead atoms. The Hall–Kier alpha value is -0.260. The summed E-state index contributed by atoms with van der Waals surface area (Å²) in [5.41, 5.74) is 5.16. The van der Waals surface area contributed by atoms with Crippen LogP contribution in [0.2, 0.25) is 0 Å². The van der Waals surface area contributed by atoms with Crippen molar-refractivity contribution in [2.45, 2.75) is 62.8 Å². The number of methoxy groups -OCH3 is 1. The molecule has 5 heteroatoms. The predicted molar refractivity (Wildman–Crippen MR) is 81.4 cm³/mol. The first-order chi connectivity index (χ1) is 9.00. The van der Waals surface area contributed by atoms with Gasteiger partial charge >= 0.3 is 0 Å². The number of nitrogens with one attached hydrogen (secondary N) is 1. The molecule has 0 aromatic heterocycles. The summed E-state index contributed by atoms with van der Waals surface area (Å²) in [6.45, 7) is 4.95. The van der Waals surface area contributed by atoms with Gasteiger partial charge in [-0.05, 0) is 51.7 Å². The SMILES string of the molecule is COCCCSC1CCCC(NC(C)C)(C(N)=O)C1. The number of thioether (sulfide) groups is 1. The second-order valence-electron chi connectivity index (χ2n) is 5.68. The van der Waals surface area contributed by atoms with Crippen molar-refractivity contribution in [2.75, 3.05) is 19.5 Å². The highest BCUT2D eigenvalue weighted by atomic mass is 32.2. The van der Waals surface area contributed by atoms with E-state index in [2.05, 4.69) is 19.2 Å². The molecule has 0 aromatic carbocycles. The van der Waals surface area contributed by atoms with Crippen LogP contribution < -0.4 is 11.1 Å². The lowest BCUT2D eigenvalue weighted by Gasteiger charge is -2.40. The zero-order chi connectivity index (χ0) is 14.3. The number of amides is 1. The van der Waals surface area contributed by atoms with Crippen molar-refractivity contribution in [1.82, 2.24) is 5.32 Å². The highest BCUT2D eigenvalue weighted by Gasteiger charge is 2.41. The minimum absolute atomic E-state index is 0.191. The molecular weight excluding hydrogens is 260 g/mol. The van der Waals surface area contributed by atoms with Crippen LogP contribution in [0.4, 0.5) is 0 Å². The summed E-state index contributed by atoms with van der Waals surface area (Å²) >= 11 is 1.96. The first-order valence-electron chi connectivity index (χ1n) is 7.18. The molecule has 112 valence electrons. The Kier molecular flexibility index (Phi) is 7.18. The van der Waals surface area contributed by atoms with Gasteiger partial charge < -0.3 is 15.8 Å². The summed E-state index contributed by atoms with van der Waals surface area (Å²) in [4.78, 5) is 11.9. The Morgan fingerprint density at radius 1 is 1.58 bits per heavy atom. The fourth-order valence-electron chi connectivity index (χ4n) is 2.80. The van der Waals surface area contributed by atoms with Crippen molar-refractivity contribution in [3.63, 3.8) is 0 Å². The van der Waals surface area contributed by atoms with Gasteiger partial charge in [0.05, 0.1) is 5.54 Å². The largest absolute Gasteiger partial charge is 0.385 e. The molecule has 2 unspecified atom stereocenters. The zero-order valence-electron chi connectivity index (χ0n) is 12.4. The molecule has 0 aliphatic heterocycles. The molecule has 3 N–H and O–H groups in total. The third kappa shape index (κ3) is 5.32. The molecule has 0 radical (unpaired) electrons. The summed E-state index contributed by atoms with van der Waals surface area (Å²) in [6, 6.07) is 0.282. The van der Waals surface area contributed by atoms with E-state index in [1.54, 1.807) is 7.11 Å². The molecule has 0 saturated heterocycles. The van der Waals surface area contributed by atoms with Crippen LogP contribution in [0.5, 0.6) is 0 Å². The summed E-state index contributed by atoms with van der Waals surface area (Å²) in [6.07, 6.45) is 5.06. The standard InChI is InChI=1S/C14H28N2O2S/c1-11(2)16-14(13(15)17)7-4-6-12(10-14)19-9-5-8-18-3/h11-12,16H,4-10H2,1-3H3,(H2,15,17). The van der Waals surface area contributed by atoms with E-state index < -0.39 is 5.54 Å². The molecule has 1 amide bonds. The number of ether oxygens (including phenoxy) is 1. The van der Waals surface area contributed by atoms with Crippen LogP contribution in [0.25, 0.3) is 0 Å². The molecular formula is C14H28N2O2S. The lowest BCUT2D eigenvalue weighted by molar-refractivity contribution is -0.126. The van der Waals surface area contributed by atoms with Gasteiger partial charge in [-0.3, -0.25) is 4.79 Å². The summed E-state index contributed by atoms with van der Waals surface area (Å²) in [5.74, 6) is 0.901. The topological polar surface area (TPSA) is 64.3 Å². The molecule has 1 aliphatic carbocycles. The smallest absolute Gasteiger partial charge is 0.237 e. The third-order valence-electron chi connectivity index (χ3n) is 3.59. The van der Waals surface area contributed by atoms with Gasteiger partial charge in [-0.25, -0.2) is 0 Å². The molecule has 0 heterocycles. The lowest BCUT2D eigenvalue weighted by Crippen LogP contribution is -2.60. The van der Waals surface area contributed by atoms with Crippen LogP contribution in [0.15, 0.2) is 0 Å². The lowest BCUT2D eigenvalue weighted by atomic mass is 9.80. The Morgan fingerprint density at radius 2 is 2.32 bits per heavy atom. The number of primary amides is 1. The average Bonchev–Trinajstić information content (AvgIpc) is 2.34. The van der Waals surface area contributed by atoms with Gasteiger partial charge in [0.15, 0.2) is 0 Å². The van der Waals surface area contributed by atoms with Crippen molar-refractivity contribution in [3.8, 4) is 0 Å². The third-order valence-corrected chi connectivity index (χ3v) is 4.99. The van der Waals surface area contributed by atoms with Gasteiger partial charge in [0.1, 0.15) is 0 Å². The minimum Gasteiger partial charge on any atom is -0.385 e. The Balaban J connectivity index is 2.51. The van der Waals surface area contributed by atoms with Crippen LogP contribution >= 0.6 is 11.8 Å². The fourth-order valence-corrected chi connectivity index (χ4v) is 4.15. The minimum atomic E-state index is -0.495. The zero-order valence-corrected chi connectivity index (χ0v) is 13.2. The van der Waals surface area contributed by atoms with Gasteiger partial charge in [0, 0.05) is 25.0 Å². The van der Waals surface area contributed by atoms with E-state index in [-0.39, 0.29) is 11.9 Å². The van der Waals surface area contributed by atoms with Crippen molar-refractivity contribution >= 4 is 17.7 Å². The Morgan fingerprint density at radius 3 is 2.89 bits per heavy atom. The quantitative estimate of drug-likeness (QED) is 0.670. The molecule has 19 heavy (non-hydrogen) atoms. The average molecular weight is 288 g/mol. The normalized spacial score (nSPS) is 27.7. The maximum Gasteiger partial charge on any atom is 0.237 e. The van der Waals surface area contributed by atoms with Crippen LogP contribution in [0.1, 0.15) is 46.0 Å². The van der Waals surface area contributed by atoms with Gasteiger partial charge in [0.2, 0.25) is 5.91 Å². The molecule has 4 nitrogen and oxygen atoms in total. The first-order valence-corrected chi connectivity index (χ1v) is 8.23. The summed E-state index contributed by atoms with van der Waals surface area (Å²) in [5, 5.41) is 3.95. The van der Waals surface area contributed by atoms with E-state index in [1.807, 2.05) is 11.8 Å². The van der Waals surface area contributed by atoms with Crippen LogP contribution in [0, 0.1) is 0 Å². The Labute approximate surface area is 121 Å². The molecule has 1 rings (SSSR count). The highest BCUT2D eigenvalue weighted by molar-refractivity contribution is 7.99. The molecule has 1 saturated carbocycles. The van der Waals surface area contributed by atoms with E-state index in [0.717, 1.165) is 38.0 Å². The highest BCUT2D eigenvalue weighted by Crippen LogP contribution is 2.35. The van der Waals surface area contributed by atoms with E-state index >= 15 is 0 Å². The molecule has 1 aliphatic rings. The van der Waals surface area contributed by atoms with E-state index in [1.165, 1.54) is 6.42 Å². The second kappa shape index (κ2) is 8.12. The van der Waals surface area contributed by atoms with Gasteiger partial charge in [0.25, 0.3) is 0 Å². The summed E-state index contributed by atoms with van der Waals surface area (Å²) < 4.78 is 5.06. The van der Waals surface area contributed by atoms with Crippen molar-refractivity contribution < 1.29 is 9.53 Å². The predicted octanol–water partition coefficient (Wildman–Crippen LogP) is 1.92. The van der Waals surface area contributed by atoms with Gasteiger partial charge in [-0.2, -0.15) is 11.8 Å². The van der Waals surface area contributed by atoms with Crippen molar-refractivity contribution in [1.29, 1.82) is 0 Å². The second-order valence-corrected chi connectivity index (χ2v) is 7.09. The summed E-state index contributed by atoms with van der Waals surface area (Å²) in [7, 11) is 1.73. The molecule has 0 aromatic rings. The van der Waals surface area contributed by atoms with E-state index in [0.29, 0.717) is 5.25 Å². The maximum absolute atomic E-state index is 11.9. The number of hydrogen-bond acceptors (Lipinski definition) is 4. The number of nitrogens with two attached hydrogens (primary N) is 1. The number of carbonyl (C=O) groups excluding carboxylic acids is 1. The van der Waals surface area contributed by atoms with E-state index in [9.17, 15) is 4.79 Å². The number of carbonyl (C=O) groups is 1. The Bertz CT molecular complexity index is 287. The van der Waals surface area contributed by atoms with Crippen LogP contribution in [-0.2, 0) is 9.53 Å². The van der Waals surface area contributed by atoms with Crippen LogP contribution in [-0.4, -0.2) is 42.2 Å². The first kappa shape index (κ1) is 16.8. The monoisotopic (exact) mass is 288 g/mol. The molecule has 1 fully saturated rings. The van der Waals surface area contributed by atoms with Crippen molar-refractivity contribution in [2.24, 2.45) is 5.73 Å². The molecule has 0 spiro atoms. The van der Waals surface area contributed by atoms with E-state index in [4.69, 9.17) is 10.5 Å². The molecule has 2 atom stereocenters. The maximum atomic E-state index is 11.9. The number of hydrogen-bond donors (Lipinski definition) is 2. The van der Waals surface area contributed by atoms with Gasteiger partial charge in [-0.15, -0.1) is 0 Å². The number of rotatable bonds is 8. The fraction of sp³-hybridized carbons (Fsp3) is 0.929.